The molecule has 4 heteroatoms. The molecule has 2 nitrogen and oxygen atoms in total. The topological polar surface area (TPSA) is 15.6 Å². The third kappa shape index (κ3) is 2.47. The molecule has 0 N–H and O–H groups in total. The molecular formula is C12H17ClN2S. The zero-order valence-corrected chi connectivity index (χ0v) is 11.4. The van der Waals surface area contributed by atoms with Crippen molar-refractivity contribution in [2.75, 3.05) is 6.54 Å². The number of nitrogens with zero attached hydrogens (tertiary/aromatic N) is 2. The van der Waals surface area contributed by atoms with E-state index in [1.807, 2.05) is 23.9 Å². The van der Waals surface area contributed by atoms with Crippen LogP contribution in [0.25, 0.3) is 0 Å². The van der Waals surface area contributed by atoms with Gasteiger partial charge in [-0.1, -0.05) is 0 Å². The number of aryl methyl sites for hydroxylation is 2. The molecule has 0 amide bonds. The van der Waals surface area contributed by atoms with Crippen LogP contribution in [0.1, 0.15) is 28.3 Å². The highest BCUT2D eigenvalue weighted by Gasteiger charge is 2.19. The summed E-state index contributed by atoms with van der Waals surface area (Å²) in [6.07, 6.45) is 5.98. The lowest BCUT2D eigenvalue weighted by Crippen LogP contribution is -2.27. The maximum absolute atomic E-state index is 4.17. The molecule has 0 fully saturated rings. The van der Waals surface area contributed by atoms with Gasteiger partial charge in [-0.15, -0.1) is 23.7 Å². The fraction of sp³-hybridized carbons (Fsp3) is 0.417. The van der Waals surface area contributed by atoms with Crippen LogP contribution in [0.5, 0.6) is 0 Å². The summed E-state index contributed by atoms with van der Waals surface area (Å²) >= 11 is 1.87. The molecule has 1 aliphatic rings. The maximum atomic E-state index is 4.17. The molecule has 2 rings (SSSR count). The minimum atomic E-state index is 0. The van der Waals surface area contributed by atoms with E-state index in [1.165, 1.54) is 15.3 Å². The van der Waals surface area contributed by atoms with E-state index in [9.17, 15) is 0 Å². The molecule has 0 radical (unpaired) electrons. The van der Waals surface area contributed by atoms with Crippen LogP contribution in [-0.2, 0) is 0 Å². The molecule has 16 heavy (non-hydrogen) atoms. The zero-order valence-electron chi connectivity index (χ0n) is 9.80. The van der Waals surface area contributed by atoms with Crippen LogP contribution in [0.15, 0.2) is 23.3 Å². The first kappa shape index (κ1) is 13.3. The van der Waals surface area contributed by atoms with E-state index in [-0.39, 0.29) is 12.4 Å². The Bertz CT molecular complexity index is 409. The van der Waals surface area contributed by atoms with Crippen molar-refractivity contribution in [1.82, 2.24) is 4.90 Å². The summed E-state index contributed by atoms with van der Waals surface area (Å²) in [4.78, 5) is 9.22. The van der Waals surface area contributed by atoms with Gasteiger partial charge in [0.05, 0.1) is 12.4 Å². The van der Waals surface area contributed by atoms with Crippen molar-refractivity contribution < 1.29 is 0 Å². The second-order valence-corrected chi connectivity index (χ2v) is 5.21. The zero-order chi connectivity index (χ0) is 10.8. The van der Waals surface area contributed by atoms with Gasteiger partial charge in [-0.25, -0.2) is 4.99 Å². The highest BCUT2D eigenvalue weighted by molar-refractivity contribution is 7.12. The van der Waals surface area contributed by atoms with Crippen molar-refractivity contribution in [3.05, 3.63) is 33.7 Å². The predicted molar refractivity (Wildman–Crippen MR) is 73.8 cm³/mol. The van der Waals surface area contributed by atoms with Crippen LogP contribution >= 0.6 is 23.7 Å². The summed E-state index contributed by atoms with van der Waals surface area (Å²) in [5.41, 5.74) is 1.42. The van der Waals surface area contributed by atoms with Gasteiger partial charge in [0.1, 0.15) is 0 Å². The van der Waals surface area contributed by atoms with E-state index in [0.29, 0.717) is 6.04 Å². The van der Waals surface area contributed by atoms with Gasteiger partial charge >= 0.3 is 0 Å². The molecule has 1 atom stereocenters. The Morgan fingerprint density at radius 3 is 2.75 bits per heavy atom. The van der Waals surface area contributed by atoms with Crippen LogP contribution < -0.4 is 0 Å². The summed E-state index contributed by atoms with van der Waals surface area (Å²) in [5.74, 6) is 0. The second kappa shape index (κ2) is 5.51. The van der Waals surface area contributed by atoms with Crippen molar-refractivity contribution in [3.63, 3.8) is 0 Å². The molecule has 0 saturated carbocycles. The molecule has 0 spiro atoms. The third-order valence-electron chi connectivity index (χ3n) is 2.69. The number of thiophene rings is 1. The van der Waals surface area contributed by atoms with E-state index >= 15 is 0 Å². The largest absolute Gasteiger partial charge is 0.352 e. The normalized spacial score (nSPS) is 18.7. The highest BCUT2D eigenvalue weighted by Crippen LogP contribution is 2.31. The summed E-state index contributed by atoms with van der Waals surface area (Å²) in [6, 6.07) is 2.66. The minimum Gasteiger partial charge on any atom is -0.352 e. The van der Waals surface area contributed by atoms with Crippen LogP contribution in [-0.4, -0.2) is 17.8 Å². The van der Waals surface area contributed by atoms with Gasteiger partial charge < -0.3 is 4.90 Å². The molecule has 88 valence electrons. The number of hydrogen-bond donors (Lipinski definition) is 0. The van der Waals surface area contributed by atoms with E-state index in [4.69, 9.17) is 0 Å². The minimum absolute atomic E-state index is 0. The number of rotatable bonds is 2. The van der Waals surface area contributed by atoms with Crippen LogP contribution in [0.3, 0.4) is 0 Å². The Morgan fingerprint density at radius 1 is 1.44 bits per heavy atom. The standard InChI is InChI=1S/C12H16N2S.ClH/c1-4-14-8-13-6-5-12(14)11-7-9(2)15-10(11)3;/h5-8,12H,4H2,1-3H3;1H. The molecule has 0 aromatic carbocycles. The van der Waals surface area contributed by atoms with E-state index in [0.717, 1.165) is 6.54 Å². The smallest absolute Gasteiger partial charge is 0.0912 e. The van der Waals surface area contributed by atoms with E-state index in [2.05, 4.69) is 42.8 Å². The van der Waals surface area contributed by atoms with Gasteiger partial charge in [0.25, 0.3) is 0 Å². The molecule has 1 aliphatic heterocycles. The van der Waals surface area contributed by atoms with Crippen LogP contribution in [0.4, 0.5) is 0 Å². The van der Waals surface area contributed by atoms with E-state index in [1.54, 1.807) is 0 Å². The fourth-order valence-electron chi connectivity index (χ4n) is 1.94. The average Bonchev–Trinajstić information content (AvgIpc) is 2.57. The first-order valence-corrected chi connectivity index (χ1v) is 6.06. The van der Waals surface area contributed by atoms with Gasteiger partial charge in [-0.3, -0.25) is 0 Å². The van der Waals surface area contributed by atoms with Crippen molar-refractivity contribution >= 4 is 30.1 Å². The highest BCUT2D eigenvalue weighted by atomic mass is 35.5. The molecule has 0 saturated heterocycles. The first-order valence-electron chi connectivity index (χ1n) is 5.25. The monoisotopic (exact) mass is 256 g/mol. The van der Waals surface area contributed by atoms with Crippen molar-refractivity contribution in [3.8, 4) is 0 Å². The second-order valence-electron chi connectivity index (χ2n) is 3.75. The van der Waals surface area contributed by atoms with Gasteiger partial charge in [-0.05, 0) is 38.5 Å². The third-order valence-corrected chi connectivity index (χ3v) is 3.67. The number of hydrogen-bond acceptors (Lipinski definition) is 3. The quantitative estimate of drug-likeness (QED) is 0.788. The summed E-state index contributed by atoms with van der Waals surface area (Å²) in [6.45, 7) is 7.51. The van der Waals surface area contributed by atoms with Gasteiger partial charge in [0, 0.05) is 22.5 Å². The Morgan fingerprint density at radius 2 is 2.19 bits per heavy atom. The maximum Gasteiger partial charge on any atom is 0.0912 e. The predicted octanol–water partition coefficient (Wildman–Crippen LogP) is 3.71. The average molecular weight is 257 g/mol. The molecule has 1 unspecified atom stereocenters. The Kier molecular flexibility index (Phi) is 4.56. The Balaban J connectivity index is 0.00000128. The lowest BCUT2D eigenvalue weighted by molar-refractivity contribution is 0.390. The molecule has 0 aliphatic carbocycles. The Hall–Kier alpha value is -0.800. The molecular weight excluding hydrogens is 240 g/mol. The van der Waals surface area contributed by atoms with Crippen molar-refractivity contribution in [2.24, 2.45) is 4.99 Å². The molecule has 0 bridgehead atoms. The SMILES string of the molecule is CCN1C=NC=CC1c1cc(C)sc1C.Cl. The summed E-state index contributed by atoms with van der Waals surface area (Å²) in [5, 5.41) is 0. The number of halogens is 1. The number of likely N-dealkylation sites (N-methyl/N-ethyl adjacent to an activating group) is 1. The van der Waals surface area contributed by atoms with Crippen LogP contribution in [0.2, 0.25) is 0 Å². The molecule has 1 aromatic heterocycles. The summed E-state index contributed by atoms with van der Waals surface area (Å²) in [7, 11) is 0. The Labute approximate surface area is 107 Å². The molecule has 2 heterocycles. The lowest BCUT2D eigenvalue weighted by atomic mass is 10.1. The molecule has 1 aromatic rings. The van der Waals surface area contributed by atoms with Gasteiger partial charge in [0.2, 0.25) is 0 Å². The first-order chi connectivity index (χ1) is 7.22. The fourth-order valence-corrected chi connectivity index (χ4v) is 2.91. The van der Waals surface area contributed by atoms with Gasteiger partial charge in [-0.2, -0.15) is 0 Å². The van der Waals surface area contributed by atoms with Crippen LogP contribution in [0, 0.1) is 13.8 Å². The van der Waals surface area contributed by atoms with Crippen molar-refractivity contribution in [2.45, 2.75) is 26.8 Å². The van der Waals surface area contributed by atoms with E-state index < -0.39 is 0 Å². The van der Waals surface area contributed by atoms with Crippen molar-refractivity contribution in [1.29, 1.82) is 0 Å². The summed E-state index contributed by atoms with van der Waals surface area (Å²) < 4.78 is 0. The number of aliphatic imine (C=N–C) groups is 1. The lowest BCUT2D eigenvalue weighted by Gasteiger charge is -2.28. The van der Waals surface area contributed by atoms with Gasteiger partial charge in [0.15, 0.2) is 0 Å².